The van der Waals surface area contributed by atoms with Crippen molar-refractivity contribution >= 4 is 40.2 Å². The Bertz CT molecular complexity index is 1090. The average molecular weight is 460 g/mol. The topological polar surface area (TPSA) is 89.3 Å². The van der Waals surface area contributed by atoms with Crippen molar-refractivity contribution in [2.45, 2.75) is 37.8 Å². The molecule has 1 aromatic heterocycles. The Morgan fingerprint density at radius 3 is 2.94 bits per heavy atom. The first-order chi connectivity index (χ1) is 15.3. The quantitative estimate of drug-likeness (QED) is 0.756. The fourth-order valence-corrected chi connectivity index (χ4v) is 5.30. The van der Waals surface area contributed by atoms with Crippen LogP contribution in [-0.4, -0.2) is 64.4 Å². The second-order valence-corrected chi connectivity index (χ2v) is 9.10. The van der Waals surface area contributed by atoms with Crippen LogP contribution in [0.3, 0.4) is 0 Å². The van der Waals surface area contributed by atoms with Crippen molar-refractivity contribution < 1.29 is 18.4 Å². The summed E-state index contributed by atoms with van der Waals surface area (Å²) in [5.41, 5.74) is 1.71. The Balaban J connectivity index is 1.52. The van der Waals surface area contributed by atoms with Crippen molar-refractivity contribution in [3.63, 3.8) is 0 Å². The zero-order chi connectivity index (χ0) is 22.9. The lowest BCUT2D eigenvalue weighted by atomic mass is 9.98. The number of halogens is 2. The fourth-order valence-electron chi connectivity index (χ4n) is 4.19. The van der Waals surface area contributed by atoms with E-state index >= 15 is 0 Å². The summed E-state index contributed by atoms with van der Waals surface area (Å²) in [5, 5.41) is 12.4. The molecule has 0 saturated carbocycles. The van der Waals surface area contributed by atoms with E-state index in [0.29, 0.717) is 28.1 Å². The molecule has 1 N–H and O–H groups in total. The van der Waals surface area contributed by atoms with Crippen LogP contribution in [0, 0.1) is 11.3 Å². The lowest BCUT2D eigenvalue weighted by molar-refractivity contribution is -0.129. The summed E-state index contributed by atoms with van der Waals surface area (Å²) < 4.78 is 27.5. The Morgan fingerprint density at radius 1 is 1.38 bits per heavy atom. The predicted octanol–water partition coefficient (Wildman–Crippen LogP) is 3.01. The zero-order valence-corrected chi connectivity index (χ0v) is 18.4. The molecule has 1 aromatic carbocycles. The number of pyridine rings is 1. The summed E-state index contributed by atoms with van der Waals surface area (Å²) in [4.78, 5) is 33.0. The van der Waals surface area contributed by atoms with E-state index < -0.39 is 17.9 Å². The second kappa shape index (κ2) is 8.90. The highest BCUT2D eigenvalue weighted by Gasteiger charge is 2.38. The van der Waals surface area contributed by atoms with Gasteiger partial charge in [0.25, 0.3) is 11.8 Å². The van der Waals surface area contributed by atoms with Crippen LogP contribution in [0.15, 0.2) is 30.5 Å². The molecule has 4 rings (SSSR count). The number of rotatable bonds is 4. The Hall–Kier alpha value is -2.93. The largest absolute Gasteiger partial charge is 0.368 e. The molecule has 0 radical (unpaired) electrons. The van der Waals surface area contributed by atoms with E-state index in [2.05, 4.69) is 16.4 Å². The number of carbonyl (C=O) groups is 2. The number of amides is 2. The molecule has 2 amide bonds. The van der Waals surface area contributed by atoms with Gasteiger partial charge >= 0.3 is 0 Å². The number of fused-ring (bicyclic) bond motifs is 1. The summed E-state index contributed by atoms with van der Waals surface area (Å²) in [6.45, 7) is 1.79. The van der Waals surface area contributed by atoms with Crippen molar-refractivity contribution in [2.24, 2.45) is 0 Å². The summed E-state index contributed by atoms with van der Waals surface area (Å²) in [6.07, 6.45) is 1.09. The van der Waals surface area contributed by atoms with Crippen LogP contribution in [-0.2, 0) is 4.79 Å². The molecule has 2 aliphatic heterocycles. The number of carbonyl (C=O) groups excluding carboxylic acids is 2. The van der Waals surface area contributed by atoms with Gasteiger partial charge < -0.3 is 15.1 Å². The van der Waals surface area contributed by atoms with Gasteiger partial charge in [-0.05, 0) is 31.2 Å². The lowest BCUT2D eigenvalue weighted by Gasteiger charge is -2.39. The van der Waals surface area contributed by atoms with Crippen molar-refractivity contribution in [3.05, 3.63) is 36.0 Å². The molecule has 0 unspecified atom stereocenters. The van der Waals surface area contributed by atoms with Crippen molar-refractivity contribution in [1.29, 1.82) is 5.26 Å². The summed E-state index contributed by atoms with van der Waals surface area (Å²) in [5.74, 6) is -2.40. The van der Waals surface area contributed by atoms with Crippen molar-refractivity contribution in [3.8, 4) is 6.07 Å². The van der Waals surface area contributed by atoms with Gasteiger partial charge in [0.1, 0.15) is 6.04 Å². The molecule has 0 bridgehead atoms. The standard InChI is InChI=1S/C22H23F2N5O2S/c1-14-9-22(23,24)5-7-28(14)15-2-3-19-18(8-15)17(4-6-26-19)21(31)27-11-20(30)29-13-32-12-16(29)10-25/h2-4,6,8,14,16H,5,7,9,11-13H2,1H3,(H,27,31)/t14-,16+/m0/s1. The Labute approximate surface area is 188 Å². The number of nitriles is 1. The number of hydrogen-bond donors (Lipinski definition) is 1. The minimum absolute atomic E-state index is 0.209. The fraction of sp³-hybridized carbons (Fsp3) is 0.455. The molecular formula is C22H23F2N5O2S. The monoisotopic (exact) mass is 459 g/mol. The molecule has 7 nitrogen and oxygen atoms in total. The van der Waals surface area contributed by atoms with Crippen LogP contribution in [0.5, 0.6) is 0 Å². The maximum Gasteiger partial charge on any atom is 0.252 e. The van der Waals surface area contributed by atoms with E-state index in [-0.39, 0.29) is 37.9 Å². The molecule has 32 heavy (non-hydrogen) atoms. The highest BCUT2D eigenvalue weighted by Crippen LogP contribution is 2.35. The highest BCUT2D eigenvalue weighted by atomic mass is 32.2. The first-order valence-electron chi connectivity index (χ1n) is 10.4. The predicted molar refractivity (Wildman–Crippen MR) is 119 cm³/mol. The summed E-state index contributed by atoms with van der Waals surface area (Å²) >= 11 is 1.50. The number of hydrogen-bond acceptors (Lipinski definition) is 6. The molecular weight excluding hydrogens is 436 g/mol. The molecule has 2 aromatic rings. The molecule has 2 atom stereocenters. The van der Waals surface area contributed by atoms with E-state index in [0.717, 1.165) is 5.69 Å². The Kier molecular flexibility index (Phi) is 6.20. The van der Waals surface area contributed by atoms with Crippen LogP contribution >= 0.6 is 11.8 Å². The number of benzene rings is 1. The van der Waals surface area contributed by atoms with E-state index in [9.17, 15) is 18.4 Å². The number of aromatic nitrogens is 1. The molecule has 10 heteroatoms. The molecule has 168 valence electrons. The van der Waals surface area contributed by atoms with Gasteiger partial charge in [0.05, 0.1) is 29.6 Å². The number of nitrogens with zero attached hydrogens (tertiary/aromatic N) is 4. The third-order valence-electron chi connectivity index (χ3n) is 5.90. The normalized spacial score (nSPS) is 22.6. The smallest absolute Gasteiger partial charge is 0.252 e. The van der Waals surface area contributed by atoms with E-state index in [1.54, 1.807) is 25.1 Å². The van der Waals surface area contributed by atoms with Gasteiger partial charge in [-0.1, -0.05) is 0 Å². The minimum Gasteiger partial charge on any atom is -0.368 e. The highest BCUT2D eigenvalue weighted by molar-refractivity contribution is 7.99. The maximum absolute atomic E-state index is 13.7. The van der Waals surface area contributed by atoms with E-state index in [1.165, 1.54) is 22.9 Å². The van der Waals surface area contributed by atoms with Gasteiger partial charge in [0.2, 0.25) is 5.91 Å². The third-order valence-corrected chi connectivity index (χ3v) is 6.91. The first kappa shape index (κ1) is 22.3. The number of piperidine rings is 1. The van der Waals surface area contributed by atoms with Gasteiger partial charge in [-0.25, -0.2) is 8.78 Å². The van der Waals surface area contributed by atoms with Crippen molar-refractivity contribution in [2.75, 3.05) is 29.6 Å². The van der Waals surface area contributed by atoms with Gasteiger partial charge in [-0.2, -0.15) is 5.26 Å². The third kappa shape index (κ3) is 4.48. The van der Waals surface area contributed by atoms with Gasteiger partial charge in [0.15, 0.2) is 0 Å². The lowest BCUT2D eigenvalue weighted by Crippen LogP contribution is -2.45. The van der Waals surface area contributed by atoms with Gasteiger partial charge in [0, 0.05) is 48.5 Å². The van der Waals surface area contributed by atoms with Crippen LogP contribution < -0.4 is 10.2 Å². The van der Waals surface area contributed by atoms with Crippen LogP contribution in [0.2, 0.25) is 0 Å². The summed E-state index contributed by atoms with van der Waals surface area (Å²) in [6, 6.07) is 8.24. The number of alkyl halides is 2. The van der Waals surface area contributed by atoms with E-state index in [4.69, 9.17) is 5.26 Å². The Morgan fingerprint density at radius 2 is 2.19 bits per heavy atom. The molecule has 2 fully saturated rings. The minimum atomic E-state index is -2.66. The van der Waals surface area contributed by atoms with Crippen LogP contribution in [0.25, 0.3) is 10.9 Å². The number of thioether (sulfide) groups is 1. The molecule has 2 saturated heterocycles. The SMILES string of the molecule is C[C@H]1CC(F)(F)CCN1c1ccc2nccc(C(=O)NCC(=O)N3CSC[C@H]3C#N)c2c1. The molecule has 3 heterocycles. The summed E-state index contributed by atoms with van der Waals surface area (Å²) in [7, 11) is 0. The zero-order valence-electron chi connectivity index (χ0n) is 17.6. The maximum atomic E-state index is 13.7. The number of anilines is 1. The van der Waals surface area contributed by atoms with Gasteiger partial charge in [-0.15, -0.1) is 11.8 Å². The van der Waals surface area contributed by atoms with E-state index in [1.807, 2.05) is 11.0 Å². The second-order valence-electron chi connectivity index (χ2n) is 8.10. The first-order valence-corrected chi connectivity index (χ1v) is 11.5. The van der Waals surface area contributed by atoms with Gasteiger partial charge in [-0.3, -0.25) is 14.6 Å². The molecule has 2 aliphatic rings. The average Bonchev–Trinajstić information content (AvgIpc) is 3.25. The van der Waals surface area contributed by atoms with Crippen LogP contribution in [0.1, 0.15) is 30.1 Å². The van der Waals surface area contributed by atoms with Crippen molar-refractivity contribution in [1.82, 2.24) is 15.2 Å². The number of nitrogens with one attached hydrogen (secondary N) is 1. The molecule has 0 aliphatic carbocycles. The molecule has 0 spiro atoms. The van der Waals surface area contributed by atoms with Crippen LogP contribution in [0.4, 0.5) is 14.5 Å².